The molecular weight excluding hydrogens is 244 g/mol. The van der Waals surface area contributed by atoms with Crippen molar-refractivity contribution in [3.05, 3.63) is 36.9 Å². The summed E-state index contributed by atoms with van der Waals surface area (Å²) in [5, 5.41) is 10.4. The van der Waals surface area contributed by atoms with Crippen LogP contribution in [-0.2, 0) is 0 Å². The van der Waals surface area contributed by atoms with Crippen LogP contribution < -0.4 is 4.74 Å². The van der Waals surface area contributed by atoms with Crippen molar-refractivity contribution < 1.29 is 9.84 Å². The number of nitrogens with one attached hydrogen (secondary N) is 2. The molecule has 19 heavy (non-hydrogen) atoms. The molecular formula is C13H12N4O2. The van der Waals surface area contributed by atoms with Gasteiger partial charge >= 0.3 is 0 Å². The molecule has 0 saturated heterocycles. The van der Waals surface area contributed by atoms with Gasteiger partial charge < -0.3 is 19.8 Å². The number of benzene rings is 1. The molecule has 0 radical (unpaired) electrons. The van der Waals surface area contributed by atoms with Crippen molar-refractivity contribution in [3.63, 3.8) is 0 Å². The summed E-state index contributed by atoms with van der Waals surface area (Å²) in [7, 11) is 1.55. The van der Waals surface area contributed by atoms with Crippen molar-refractivity contribution in [2.75, 3.05) is 7.11 Å². The number of aromatic amines is 2. The molecule has 96 valence electrons. The second kappa shape index (κ2) is 4.49. The largest absolute Gasteiger partial charge is 0.506 e. The first-order valence-electron chi connectivity index (χ1n) is 5.70. The first kappa shape index (κ1) is 11.3. The first-order valence-corrected chi connectivity index (χ1v) is 5.70. The van der Waals surface area contributed by atoms with E-state index >= 15 is 0 Å². The number of aromatic nitrogens is 4. The van der Waals surface area contributed by atoms with Crippen LogP contribution >= 0.6 is 0 Å². The van der Waals surface area contributed by atoms with Crippen LogP contribution in [0.4, 0.5) is 0 Å². The Balaban J connectivity index is 2.24. The van der Waals surface area contributed by atoms with Crippen molar-refractivity contribution >= 4 is 0 Å². The standard InChI is InChI=1S/C13H12N4O2/c1-19-9-3-2-8(12-14-4-5-15-12)11(18)10(9)13-16-6-7-17-13/h2-7,18H,1H3,(H,14,15)(H,16,17). The Morgan fingerprint density at radius 1 is 1.05 bits per heavy atom. The topological polar surface area (TPSA) is 86.8 Å². The van der Waals surface area contributed by atoms with Crippen LogP contribution in [0.3, 0.4) is 0 Å². The van der Waals surface area contributed by atoms with Gasteiger partial charge in [-0.1, -0.05) is 0 Å². The highest BCUT2D eigenvalue weighted by atomic mass is 16.5. The number of imidazole rings is 2. The van der Waals surface area contributed by atoms with Gasteiger partial charge in [0, 0.05) is 24.8 Å². The van der Waals surface area contributed by atoms with E-state index in [2.05, 4.69) is 19.9 Å². The molecule has 0 amide bonds. The van der Waals surface area contributed by atoms with E-state index in [1.165, 1.54) is 0 Å². The minimum Gasteiger partial charge on any atom is -0.506 e. The SMILES string of the molecule is COc1ccc(-c2ncc[nH]2)c(O)c1-c1ncc[nH]1. The molecule has 0 aliphatic heterocycles. The fourth-order valence-corrected chi connectivity index (χ4v) is 1.98. The molecule has 0 unspecified atom stereocenters. The number of aromatic hydroxyl groups is 1. The zero-order valence-electron chi connectivity index (χ0n) is 10.2. The summed E-state index contributed by atoms with van der Waals surface area (Å²) in [5.41, 5.74) is 1.11. The van der Waals surface area contributed by atoms with Crippen molar-refractivity contribution in [2.45, 2.75) is 0 Å². The van der Waals surface area contributed by atoms with Crippen LogP contribution in [0.25, 0.3) is 22.8 Å². The maximum absolute atomic E-state index is 10.4. The zero-order valence-corrected chi connectivity index (χ0v) is 10.2. The lowest BCUT2D eigenvalue weighted by molar-refractivity contribution is 0.410. The van der Waals surface area contributed by atoms with E-state index in [0.717, 1.165) is 0 Å². The number of H-pyrrole nitrogens is 2. The quantitative estimate of drug-likeness (QED) is 0.670. The summed E-state index contributed by atoms with van der Waals surface area (Å²) >= 11 is 0. The molecule has 0 saturated carbocycles. The van der Waals surface area contributed by atoms with E-state index in [0.29, 0.717) is 28.5 Å². The predicted octanol–water partition coefficient (Wildman–Crippen LogP) is 2.18. The van der Waals surface area contributed by atoms with E-state index in [9.17, 15) is 5.11 Å². The maximum Gasteiger partial charge on any atom is 0.144 e. The molecule has 3 aromatic rings. The molecule has 0 fully saturated rings. The fourth-order valence-electron chi connectivity index (χ4n) is 1.98. The minimum absolute atomic E-state index is 0.0734. The zero-order chi connectivity index (χ0) is 13.2. The predicted molar refractivity (Wildman–Crippen MR) is 69.8 cm³/mol. The van der Waals surface area contributed by atoms with E-state index < -0.39 is 0 Å². The van der Waals surface area contributed by atoms with Crippen LogP contribution in [0.5, 0.6) is 11.5 Å². The number of phenolic OH excluding ortho intramolecular Hbond substituents is 1. The van der Waals surface area contributed by atoms with Gasteiger partial charge in [0.25, 0.3) is 0 Å². The van der Waals surface area contributed by atoms with E-state index in [1.54, 1.807) is 44.0 Å². The Bertz CT molecular complexity index is 675. The first-order chi connectivity index (χ1) is 9.31. The van der Waals surface area contributed by atoms with Gasteiger partial charge in [-0.3, -0.25) is 0 Å². The molecule has 0 aliphatic rings. The summed E-state index contributed by atoms with van der Waals surface area (Å²) in [6, 6.07) is 3.52. The Kier molecular flexibility index (Phi) is 2.68. The highest BCUT2D eigenvalue weighted by Gasteiger charge is 2.18. The monoisotopic (exact) mass is 256 g/mol. The normalized spacial score (nSPS) is 10.6. The summed E-state index contributed by atoms with van der Waals surface area (Å²) in [6.07, 6.45) is 6.64. The number of hydrogen-bond acceptors (Lipinski definition) is 4. The molecule has 2 heterocycles. The van der Waals surface area contributed by atoms with Crippen LogP contribution in [0.1, 0.15) is 0 Å². The summed E-state index contributed by atoms with van der Waals surface area (Å²) in [4.78, 5) is 14.2. The molecule has 3 rings (SSSR count). The van der Waals surface area contributed by atoms with Gasteiger partial charge in [-0.15, -0.1) is 0 Å². The third-order valence-corrected chi connectivity index (χ3v) is 2.85. The van der Waals surface area contributed by atoms with Gasteiger partial charge in [-0.05, 0) is 12.1 Å². The molecule has 6 nitrogen and oxygen atoms in total. The van der Waals surface area contributed by atoms with E-state index in [-0.39, 0.29) is 5.75 Å². The van der Waals surface area contributed by atoms with Crippen molar-refractivity contribution in [1.82, 2.24) is 19.9 Å². The average Bonchev–Trinajstić information content (AvgIpc) is 3.11. The van der Waals surface area contributed by atoms with Crippen LogP contribution in [-0.4, -0.2) is 32.2 Å². The Hall–Kier alpha value is -2.76. The van der Waals surface area contributed by atoms with Gasteiger partial charge in [0.2, 0.25) is 0 Å². The Morgan fingerprint density at radius 3 is 2.32 bits per heavy atom. The van der Waals surface area contributed by atoms with E-state index in [1.807, 2.05) is 0 Å². The van der Waals surface area contributed by atoms with Crippen LogP contribution in [0.15, 0.2) is 36.9 Å². The van der Waals surface area contributed by atoms with Gasteiger partial charge in [0.05, 0.1) is 12.7 Å². The molecule has 1 aromatic carbocycles. The highest BCUT2D eigenvalue weighted by molar-refractivity contribution is 5.81. The van der Waals surface area contributed by atoms with Crippen molar-refractivity contribution in [3.8, 4) is 34.3 Å². The third-order valence-electron chi connectivity index (χ3n) is 2.85. The number of ether oxygens (including phenoxy) is 1. The second-order valence-electron chi connectivity index (χ2n) is 3.91. The molecule has 0 aliphatic carbocycles. The third kappa shape index (κ3) is 1.83. The number of methoxy groups -OCH3 is 1. The van der Waals surface area contributed by atoms with Gasteiger partial charge in [-0.2, -0.15) is 0 Å². The smallest absolute Gasteiger partial charge is 0.144 e. The lowest BCUT2D eigenvalue weighted by Crippen LogP contribution is -1.93. The molecule has 0 bridgehead atoms. The molecule has 2 aromatic heterocycles. The number of phenols is 1. The van der Waals surface area contributed by atoms with Crippen LogP contribution in [0, 0.1) is 0 Å². The summed E-state index contributed by atoms with van der Waals surface area (Å²) in [6.45, 7) is 0. The van der Waals surface area contributed by atoms with Gasteiger partial charge in [0.15, 0.2) is 0 Å². The molecule has 6 heteroatoms. The van der Waals surface area contributed by atoms with Crippen molar-refractivity contribution in [2.24, 2.45) is 0 Å². The molecule has 0 spiro atoms. The van der Waals surface area contributed by atoms with Crippen molar-refractivity contribution in [1.29, 1.82) is 0 Å². The number of rotatable bonds is 3. The Labute approximate surface area is 109 Å². The second-order valence-corrected chi connectivity index (χ2v) is 3.91. The maximum atomic E-state index is 10.4. The minimum atomic E-state index is 0.0734. The highest BCUT2D eigenvalue weighted by Crippen LogP contribution is 2.41. The molecule has 0 atom stereocenters. The Morgan fingerprint density at radius 2 is 1.74 bits per heavy atom. The number of hydrogen-bond donors (Lipinski definition) is 3. The van der Waals surface area contributed by atoms with Gasteiger partial charge in [-0.25, -0.2) is 9.97 Å². The van der Waals surface area contributed by atoms with Gasteiger partial charge in [0.1, 0.15) is 28.7 Å². The lowest BCUT2D eigenvalue weighted by atomic mass is 10.1. The average molecular weight is 256 g/mol. The lowest BCUT2D eigenvalue weighted by Gasteiger charge is -2.11. The summed E-state index contributed by atoms with van der Waals surface area (Å²) < 4.78 is 5.27. The number of nitrogens with zero attached hydrogens (tertiary/aromatic N) is 2. The van der Waals surface area contributed by atoms with Crippen LogP contribution in [0.2, 0.25) is 0 Å². The fraction of sp³-hybridized carbons (Fsp3) is 0.0769. The molecule has 3 N–H and O–H groups in total. The van der Waals surface area contributed by atoms with E-state index in [4.69, 9.17) is 4.74 Å². The summed E-state index contributed by atoms with van der Waals surface area (Å²) in [5.74, 6) is 1.75.